The maximum atomic E-state index is 12.8. The molecule has 1 amide bonds. The number of amides is 1. The number of nitrogens with one attached hydrogen (secondary N) is 1. The molecule has 25 heavy (non-hydrogen) atoms. The van der Waals surface area contributed by atoms with Crippen LogP contribution in [0.4, 0.5) is 0 Å². The summed E-state index contributed by atoms with van der Waals surface area (Å²) in [4.78, 5) is 31.7. The molecule has 2 heterocycles. The second-order valence-corrected chi connectivity index (χ2v) is 8.72. The Kier molecular flexibility index (Phi) is 5.84. The van der Waals surface area contributed by atoms with Gasteiger partial charge < -0.3 is 5.32 Å². The van der Waals surface area contributed by atoms with Crippen molar-refractivity contribution >= 4 is 39.2 Å². The van der Waals surface area contributed by atoms with Crippen molar-refractivity contribution in [3.63, 3.8) is 0 Å². The summed E-state index contributed by atoms with van der Waals surface area (Å²) in [6.07, 6.45) is 6.40. The van der Waals surface area contributed by atoms with Crippen LogP contribution in [-0.2, 0) is 24.7 Å². The summed E-state index contributed by atoms with van der Waals surface area (Å²) in [6, 6.07) is 0.182. The van der Waals surface area contributed by atoms with E-state index in [1.165, 1.54) is 28.6 Å². The number of carbonyl (C=O) groups is 1. The lowest BCUT2D eigenvalue weighted by Crippen LogP contribution is -2.33. The first kappa shape index (κ1) is 18.5. The molecule has 0 aliphatic heterocycles. The molecule has 0 aromatic carbocycles. The molecular formula is C18H25N3O2S2. The predicted octanol–water partition coefficient (Wildman–Crippen LogP) is 3.27. The molecule has 0 spiro atoms. The molecule has 1 N–H and O–H groups in total. The fourth-order valence-corrected chi connectivity index (χ4v) is 5.43. The number of hydrogen-bond acceptors (Lipinski definition) is 5. The van der Waals surface area contributed by atoms with E-state index < -0.39 is 0 Å². The van der Waals surface area contributed by atoms with Crippen molar-refractivity contribution in [2.45, 2.75) is 63.6 Å². The Bertz CT molecular complexity index is 841. The Morgan fingerprint density at radius 2 is 2.16 bits per heavy atom. The minimum absolute atomic E-state index is 0.00855. The smallest absolute Gasteiger partial charge is 0.262 e. The van der Waals surface area contributed by atoms with Gasteiger partial charge >= 0.3 is 0 Å². The SMILES string of the molecule is CCC[C@@H](C)NC(=O)CSc1nc2sc3c(c2c(=O)n1C)CCCC3. The van der Waals surface area contributed by atoms with Crippen LogP contribution >= 0.6 is 23.1 Å². The number of hydrogen-bond donors (Lipinski definition) is 1. The second-order valence-electron chi connectivity index (χ2n) is 6.70. The minimum atomic E-state index is -0.00855. The molecule has 7 heteroatoms. The zero-order chi connectivity index (χ0) is 18.0. The summed E-state index contributed by atoms with van der Waals surface area (Å²) >= 11 is 2.99. The van der Waals surface area contributed by atoms with Crippen LogP contribution in [-0.4, -0.2) is 27.3 Å². The Balaban J connectivity index is 1.79. The maximum Gasteiger partial charge on any atom is 0.262 e. The first-order chi connectivity index (χ1) is 12.0. The number of aryl methyl sites for hydroxylation is 2. The molecule has 1 aliphatic rings. The first-order valence-corrected chi connectivity index (χ1v) is 10.7. The van der Waals surface area contributed by atoms with E-state index in [1.807, 2.05) is 6.92 Å². The molecule has 1 atom stereocenters. The third-order valence-corrected chi connectivity index (χ3v) is 6.83. The van der Waals surface area contributed by atoms with E-state index in [0.717, 1.165) is 42.3 Å². The molecule has 5 nitrogen and oxygen atoms in total. The van der Waals surface area contributed by atoms with E-state index in [0.29, 0.717) is 5.16 Å². The predicted molar refractivity (Wildman–Crippen MR) is 105 cm³/mol. The number of aromatic nitrogens is 2. The molecule has 0 fully saturated rings. The average Bonchev–Trinajstić information content (AvgIpc) is 2.95. The normalized spacial score (nSPS) is 15.2. The van der Waals surface area contributed by atoms with Gasteiger partial charge in [-0.15, -0.1) is 11.3 Å². The molecule has 1 aliphatic carbocycles. The second kappa shape index (κ2) is 7.91. The van der Waals surface area contributed by atoms with E-state index in [4.69, 9.17) is 4.98 Å². The zero-order valence-electron chi connectivity index (χ0n) is 15.1. The third kappa shape index (κ3) is 3.92. The highest BCUT2D eigenvalue weighted by Crippen LogP contribution is 2.34. The zero-order valence-corrected chi connectivity index (χ0v) is 16.7. The van der Waals surface area contributed by atoms with Gasteiger partial charge in [0.05, 0.1) is 11.1 Å². The van der Waals surface area contributed by atoms with Crippen molar-refractivity contribution in [1.82, 2.24) is 14.9 Å². The number of thiophene rings is 1. The van der Waals surface area contributed by atoms with Gasteiger partial charge in [0.1, 0.15) is 4.83 Å². The Labute approximate surface area is 156 Å². The number of fused-ring (bicyclic) bond motifs is 3. The summed E-state index contributed by atoms with van der Waals surface area (Å²) in [7, 11) is 1.75. The molecule has 0 radical (unpaired) electrons. The van der Waals surface area contributed by atoms with Gasteiger partial charge in [-0.25, -0.2) is 4.98 Å². The number of rotatable bonds is 6. The lowest BCUT2D eigenvalue weighted by molar-refractivity contribution is -0.119. The number of nitrogens with zero attached hydrogens (tertiary/aromatic N) is 2. The van der Waals surface area contributed by atoms with Gasteiger partial charge in [-0.1, -0.05) is 25.1 Å². The Hall–Kier alpha value is -1.34. The van der Waals surface area contributed by atoms with E-state index in [2.05, 4.69) is 12.2 Å². The fourth-order valence-electron chi connectivity index (χ4n) is 3.35. The Morgan fingerprint density at radius 3 is 2.92 bits per heavy atom. The molecule has 0 bridgehead atoms. The van der Waals surface area contributed by atoms with Crippen molar-refractivity contribution in [2.24, 2.45) is 7.05 Å². The summed E-state index contributed by atoms with van der Waals surface area (Å²) < 4.78 is 1.59. The Morgan fingerprint density at radius 1 is 1.40 bits per heavy atom. The molecule has 3 rings (SSSR count). The highest BCUT2D eigenvalue weighted by Gasteiger charge is 2.21. The fraction of sp³-hybridized carbons (Fsp3) is 0.611. The lowest BCUT2D eigenvalue weighted by Gasteiger charge is -2.13. The molecule has 0 unspecified atom stereocenters. The van der Waals surface area contributed by atoms with Crippen molar-refractivity contribution in [3.05, 3.63) is 20.8 Å². The summed E-state index contributed by atoms with van der Waals surface area (Å²) in [6.45, 7) is 4.12. The van der Waals surface area contributed by atoms with Crippen molar-refractivity contribution in [2.75, 3.05) is 5.75 Å². The highest BCUT2D eigenvalue weighted by atomic mass is 32.2. The molecule has 0 saturated heterocycles. The van der Waals surface area contributed by atoms with E-state index >= 15 is 0 Å². The topological polar surface area (TPSA) is 64.0 Å². The van der Waals surface area contributed by atoms with Gasteiger partial charge in [-0.3, -0.25) is 14.2 Å². The van der Waals surface area contributed by atoms with Crippen molar-refractivity contribution in [3.8, 4) is 0 Å². The van der Waals surface area contributed by atoms with E-state index in [1.54, 1.807) is 23.0 Å². The highest BCUT2D eigenvalue weighted by molar-refractivity contribution is 7.99. The van der Waals surface area contributed by atoms with Gasteiger partial charge in [0.2, 0.25) is 5.91 Å². The standard InChI is InChI=1S/C18H25N3O2S2/c1-4-7-11(2)19-14(22)10-24-18-20-16-15(17(23)21(18)3)12-8-5-6-9-13(12)25-16/h11H,4-10H2,1-3H3,(H,19,22)/t11-/m1/s1. The minimum Gasteiger partial charge on any atom is -0.353 e. The number of thioether (sulfide) groups is 1. The van der Waals surface area contributed by atoms with Crippen LogP contribution in [0.25, 0.3) is 10.2 Å². The van der Waals surface area contributed by atoms with Crippen LogP contribution in [0, 0.1) is 0 Å². The molecule has 2 aromatic heterocycles. The van der Waals surface area contributed by atoms with E-state index in [9.17, 15) is 9.59 Å². The van der Waals surface area contributed by atoms with Crippen LogP contribution in [0.3, 0.4) is 0 Å². The summed E-state index contributed by atoms with van der Waals surface area (Å²) in [5.74, 6) is 0.274. The monoisotopic (exact) mass is 379 g/mol. The largest absolute Gasteiger partial charge is 0.353 e. The summed E-state index contributed by atoms with van der Waals surface area (Å²) in [5.41, 5.74) is 1.23. The van der Waals surface area contributed by atoms with Gasteiger partial charge in [-0.05, 0) is 44.6 Å². The average molecular weight is 380 g/mol. The molecule has 0 saturated carbocycles. The van der Waals surface area contributed by atoms with Crippen LogP contribution in [0.2, 0.25) is 0 Å². The van der Waals surface area contributed by atoms with Crippen LogP contribution in [0.5, 0.6) is 0 Å². The molecule has 136 valence electrons. The van der Waals surface area contributed by atoms with Gasteiger partial charge in [0, 0.05) is 18.0 Å². The quantitative estimate of drug-likeness (QED) is 0.618. The third-order valence-electron chi connectivity index (χ3n) is 4.62. The molecular weight excluding hydrogens is 354 g/mol. The van der Waals surface area contributed by atoms with Crippen LogP contribution in [0.15, 0.2) is 9.95 Å². The van der Waals surface area contributed by atoms with E-state index in [-0.39, 0.29) is 23.3 Å². The van der Waals surface area contributed by atoms with Crippen LogP contribution in [0.1, 0.15) is 50.0 Å². The lowest BCUT2D eigenvalue weighted by atomic mass is 9.97. The van der Waals surface area contributed by atoms with Crippen molar-refractivity contribution < 1.29 is 4.79 Å². The maximum absolute atomic E-state index is 12.8. The van der Waals surface area contributed by atoms with Gasteiger partial charge in [-0.2, -0.15) is 0 Å². The van der Waals surface area contributed by atoms with Crippen molar-refractivity contribution in [1.29, 1.82) is 0 Å². The van der Waals surface area contributed by atoms with Gasteiger partial charge in [0.15, 0.2) is 5.16 Å². The number of carbonyl (C=O) groups excluding carboxylic acids is 1. The molecule has 2 aromatic rings. The van der Waals surface area contributed by atoms with Crippen LogP contribution < -0.4 is 10.9 Å². The van der Waals surface area contributed by atoms with Gasteiger partial charge in [0.25, 0.3) is 5.56 Å². The first-order valence-electron chi connectivity index (χ1n) is 8.94. The summed E-state index contributed by atoms with van der Waals surface area (Å²) in [5, 5.41) is 4.41.